The van der Waals surface area contributed by atoms with Crippen LogP contribution in [-0.2, 0) is 16.1 Å². The third-order valence-corrected chi connectivity index (χ3v) is 5.31. The number of ether oxygens (including phenoxy) is 1. The van der Waals surface area contributed by atoms with Gasteiger partial charge in [-0.05, 0) is 42.8 Å². The van der Waals surface area contributed by atoms with Crippen LogP contribution >= 0.6 is 0 Å². The van der Waals surface area contributed by atoms with Crippen molar-refractivity contribution >= 4 is 17.3 Å². The van der Waals surface area contributed by atoms with Gasteiger partial charge in [-0.15, -0.1) is 0 Å². The van der Waals surface area contributed by atoms with Crippen LogP contribution < -0.4 is 10.2 Å². The van der Waals surface area contributed by atoms with Crippen LogP contribution in [0.1, 0.15) is 24.0 Å². The van der Waals surface area contributed by atoms with Crippen LogP contribution in [0.15, 0.2) is 60.7 Å². The lowest BCUT2D eigenvalue weighted by atomic mass is 9.96. The molecule has 0 radical (unpaired) electrons. The van der Waals surface area contributed by atoms with Crippen LogP contribution in [0.2, 0.25) is 0 Å². The Labute approximate surface area is 182 Å². The van der Waals surface area contributed by atoms with Crippen molar-refractivity contribution < 1.29 is 19.0 Å². The number of nitrogens with one attached hydrogen (secondary N) is 1. The van der Waals surface area contributed by atoms with Gasteiger partial charge in [0.1, 0.15) is 11.6 Å². The summed E-state index contributed by atoms with van der Waals surface area (Å²) in [6, 6.07) is 17.6. The van der Waals surface area contributed by atoms with E-state index in [4.69, 9.17) is 4.74 Å². The topological polar surface area (TPSA) is 61.8 Å². The molecule has 31 heavy (non-hydrogen) atoms. The minimum atomic E-state index is -0.547. The molecular weight excluding hydrogens is 395 g/mol. The lowest BCUT2D eigenvalue weighted by molar-refractivity contribution is -0.141. The van der Waals surface area contributed by atoms with E-state index in [1.807, 2.05) is 55.4 Å². The van der Waals surface area contributed by atoms with E-state index in [9.17, 15) is 14.3 Å². The van der Waals surface area contributed by atoms with E-state index in [1.165, 1.54) is 13.2 Å². The zero-order chi connectivity index (χ0) is 22.5. The third kappa shape index (κ3) is 4.97. The molecule has 0 aliphatic rings. The van der Waals surface area contributed by atoms with E-state index in [0.717, 1.165) is 16.9 Å². The fraction of sp³-hybridized carbons (Fsp3) is 0.240. The number of rotatable bonds is 7. The maximum absolute atomic E-state index is 15.0. The number of hydrogen-bond donors (Lipinski definition) is 2. The molecule has 0 heterocycles. The number of para-hydroxylation sites is 1. The number of nitrogens with zero attached hydrogens (tertiary/aromatic N) is 1. The number of esters is 1. The molecule has 0 spiro atoms. The molecule has 0 aliphatic heterocycles. The van der Waals surface area contributed by atoms with Gasteiger partial charge in [0.05, 0.1) is 13.0 Å². The summed E-state index contributed by atoms with van der Waals surface area (Å²) in [5.74, 6) is -1.18. The molecule has 1 unspecified atom stereocenters. The molecule has 3 aromatic rings. The molecule has 0 saturated carbocycles. The van der Waals surface area contributed by atoms with Crippen LogP contribution in [0, 0.1) is 5.82 Å². The first kappa shape index (κ1) is 22.2. The molecule has 6 heteroatoms. The Bertz CT molecular complexity index is 1080. The Morgan fingerprint density at radius 2 is 1.84 bits per heavy atom. The highest BCUT2D eigenvalue weighted by molar-refractivity contribution is 5.80. The molecule has 0 bridgehead atoms. The van der Waals surface area contributed by atoms with Gasteiger partial charge in [0.25, 0.3) is 0 Å². The highest BCUT2D eigenvalue weighted by Crippen LogP contribution is 2.33. The van der Waals surface area contributed by atoms with Gasteiger partial charge >= 0.3 is 5.97 Å². The molecule has 2 N–H and O–H groups in total. The number of hydrogen-bond acceptors (Lipinski definition) is 5. The fourth-order valence-electron chi connectivity index (χ4n) is 3.39. The highest BCUT2D eigenvalue weighted by atomic mass is 19.1. The van der Waals surface area contributed by atoms with Gasteiger partial charge < -0.3 is 20.1 Å². The second-order valence-electron chi connectivity index (χ2n) is 7.59. The van der Waals surface area contributed by atoms with E-state index in [-0.39, 0.29) is 5.75 Å². The van der Waals surface area contributed by atoms with Crippen molar-refractivity contribution in [2.75, 3.05) is 31.4 Å². The smallest absolute Gasteiger partial charge is 0.312 e. The van der Waals surface area contributed by atoms with Crippen LogP contribution in [-0.4, -0.2) is 32.3 Å². The number of aromatic hydroxyl groups is 1. The number of phenolic OH excluding ortho intramolecular Hbond substituents is 1. The lowest BCUT2D eigenvalue weighted by Crippen LogP contribution is -2.11. The summed E-state index contributed by atoms with van der Waals surface area (Å²) >= 11 is 0. The number of benzene rings is 3. The molecule has 0 amide bonds. The van der Waals surface area contributed by atoms with Crippen molar-refractivity contribution in [3.8, 4) is 16.9 Å². The first-order valence-electron chi connectivity index (χ1n) is 10.0. The Kier molecular flexibility index (Phi) is 6.80. The van der Waals surface area contributed by atoms with Crippen LogP contribution in [0.5, 0.6) is 5.75 Å². The molecule has 3 rings (SSSR count). The molecule has 162 valence electrons. The quantitative estimate of drug-likeness (QED) is 0.516. The fourth-order valence-corrected chi connectivity index (χ4v) is 3.39. The summed E-state index contributed by atoms with van der Waals surface area (Å²) in [4.78, 5) is 13.7. The first-order chi connectivity index (χ1) is 14.8. The second kappa shape index (κ2) is 9.51. The van der Waals surface area contributed by atoms with E-state index in [2.05, 4.69) is 5.32 Å². The molecular formula is C25H27FN2O3. The van der Waals surface area contributed by atoms with Crippen molar-refractivity contribution in [2.24, 2.45) is 0 Å². The van der Waals surface area contributed by atoms with Gasteiger partial charge in [-0.25, -0.2) is 4.39 Å². The zero-order valence-electron chi connectivity index (χ0n) is 18.1. The van der Waals surface area contributed by atoms with Gasteiger partial charge in [0, 0.05) is 48.7 Å². The van der Waals surface area contributed by atoms with E-state index in [1.54, 1.807) is 25.1 Å². The predicted molar refractivity (Wildman–Crippen MR) is 122 cm³/mol. The molecule has 0 fully saturated rings. The average Bonchev–Trinajstić information content (AvgIpc) is 2.77. The number of carbonyl (C=O) groups is 1. The van der Waals surface area contributed by atoms with E-state index >= 15 is 0 Å². The van der Waals surface area contributed by atoms with E-state index in [0.29, 0.717) is 23.2 Å². The van der Waals surface area contributed by atoms with Crippen LogP contribution in [0.25, 0.3) is 11.1 Å². The summed E-state index contributed by atoms with van der Waals surface area (Å²) in [5.41, 5.74) is 4.14. The molecule has 5 nitrogen and oxygen atoms in total. The number of anilines is 2. The molecule has 0 aliphatic carbocycles. The molecule has 0 saturated heterocycles. The molecule has 0 aromatic heterocycles. The van der Waals surface area contributed by atoms with Crippen molar-refractivity contribution in [3.63, 3.8) is 0 Å². The minimum Gasteiger partial charge on any atom is -0.508 e. The van der Waals surface area contributed by atoms with Gasteiger partial charge in [-0.1, -0.05) is 30.3 Å². The summed E-state index contributed by atoms with van der Waals surface area (Å²) in [6.07, 6.45) is 0. The second-order valence-corrected chi connectivity index (χ2v) is 7.59. The lowest BCUT2D eigenvalue weighted by Gasteiger charge is -2.17. The number of carbonyl (C=O) groups excluding carboxylic acids is 1. The van der Waals surface area contributed by atoms with E-state index < -0.39 is 17.7 Å². The minimum absolute atomic E-state index is 0.197. The Balaban J connectivity index is 1.88. The van der Waals surface area contributed by atoms with Crippen molar-refractivity contribution in [2.45, 2.75) is 19.4 Å². The Morgan fingerprint density at radius 1 is 1.10 bits per heavy atom. The number of halogens is 1. The van der Waals surface area contributed by atoms with Crippen molar-refractivity contribution in [1.29, 1.82) is 0 Å². The average molecular weight is 423 g/mol. The monoisotopic (exact) mass is 422 g/mol. The van der Waals surface area contributed by atoms with Crippen LogP contribution in [0.4, 0.5) is 15.8 Å². The molecule has 3 aromatic carbocycles. The zero-order valence-corrected chi connectivity index (χ0v) is 18.1. The maximum atomic E-state index is 15.0. The van der Waals surface area contributed by atoms with Gasteiger partial charge in [-0.3, -0.25) is 4.79 Å². The number of phenols is 1. The Morgan fingerprint density at radius 3 is 2.52 bits per heavy atom. The predicted octanol–water partition coefficient (Wildman–Crippen LogP) is 5.15. The summed E-state index contributed by atoms with van der Waals surface area (Å²) < 4.78 is 19.7. The Hall–Kier alpha value is -3.54. The number of methoxy groups -OCH3 is 1. The SMILES string of the molecule is COC(=O)C(C)c1ccc(-c2ccccc2NCc2cc(N(C)C)ccc2O)c(F)c1. The first-order valence-corrected chi connectivity index (χ1v) is 10.0. The normalized spacial score (nSPS) is 11.6. The summed E-state index contributed by atoms with van der Waals surface area (Å²) in [5, 5.41) is 13.5. The summed E-state index contributed by atoms with van der Waals surface area (Å²) in [6.45, 7) is 2.06. The van der Waals surface area contributed by atoms with Gasteiger partial charge in [0.15, 0.2) is 0 Å². The standard InChI is InChI=1S/C25H27FN2O3/c1-16(25(30)31-4)17-9-11-20(22(26)14-17)21-7-5-6-8-23(21)27-15-18-13-19(28(2)3)10-12-24(18)29/h5-14,16,27,29H,15H2,1-4H3. The summed E-state index contributed by atoms with van der Waals surface area (Å²) in [7, 11) is 5.19. The largest absolute Gasteiger partial charge is 0.508 e. The maximum Gasteiger partial charge on any atom is 0.312 e. The van der Waals surface area contributed by atoms with Crippen molar-refractivity contribution in [1.82, 2.24) is 0 Å². The van der Waals surface area contributed by atoms with Crippen LogP contribution in [0.3, 0.4) is 0 Å². The molecule has 1 atom stereocenters. The third-order valence-electron chi connectivity index (χ3n) is 5.31. The van der Waals surface area contributed by atoms with Gasteiger partial charge in [-0.2, -0.15) is 0 Å². The highest BCUT2D eigenvalue weighted by Gasteiger charge is 2.18. The van der Waals surface area contributed by atoms with Gasteiger partial charge in [0.2, 0.25) is 0 Å². The van der Waals surface area contributed by atoms with Crippen molar-refractivity contribution in [3.05, 3.63) is 77.6 Å².